The predicted molar refractivity (Wildman–Crippen MR) is 71.0 cm³/mol. The van der Waals surface area contributed by atoms with Crippen LogP contribution in [0.15, 0.2) is 34.1 Å². The van der Waals surface area contributed by atoms with Crippen molar-refractivity contribution < 1.29 is 4.42 Å². The lowest BCUT2D eigenvalue weighted by Gasteiger charge is -2.10. The Morgan fingerprint density at radius 2 is 2.33 bits per heavy atom. The van der Waals surface area contributed by atoms with Crippen LogP contribution in [0.5, 0.6) is 0 Å². The molecule has 0 saturated heterocycles. The maximum atomic E-state index is 5.48. The summed E-state index contributed by atoms with van der Waals surface area (Å²) in [5, 5.41) is 5.53. The normalized spacial score (nSPS) is 12.9. The fraction of sp³-hybridized carbons (Fsp3) is 0.273. The van der Waals surface area contributed by atoms with E-state index in [-0.39, 0.29) is 0 Å². The van der Waals surface area contributed by atoms with Gasteiger partial charge in [-0.1, -0.05) is 6.07 Å². The van der Waals surface area contributed by atoms with Gasteiger partial charge in [0.2, 0.25) is 0 Å². The molecule has 2 aromatic heterocycles. The van der Waals surface area contributed by atoms with E-state index in [0.717, 1.165) is 16.1 Å². The average Bonchev–Trinajstić information content (AvgIpc) is 2.84. The zero-order valence-electron chi connectivity index (χ0n) is 8.37. The van der Waals surface area contributed by atoms with E-state index in [4.69, 9.17) is 4.42 Å². The summed E-state index contributed by atoms with van der Waals surface area (Å²) in [4.78, 5) is 1.36. The van der Waals surface area contributed by atoms with Gasteiger partial charge in [0.25, 0.3) is 0 Å². The van der Waals surface area contributed by atoms with E-state index in [2.05, 4.69) is 52.3 Å². The predicted octanol–water partition coefficient (Wildman–Crippen LogP) is 3.80. The Hall–Kier alpha value is -0.330. The fourth-order valence-electron chi connectivity index (χ4n) is 1.34. The number of halogens is 1. The van der Waals surface area contributed by atoms with Crippen molar-refractivity contribution in [1.29, 1.82) is 0 Å². The second-order valence-electron chi connectivity index (χ2n) is 3.32. The van der Waals surface area contributed by atoms with E-state index in [9.17, 15) is 0 Å². The molecule has 2 aromatic rings. The summed E-state index contributed by atoms with van der Waals surface area (Å²) < 4.78 is 6.42. The summed E-state index contributed by atoms with van der Waals surface area (Å²) in [5.41, 5.74) is 0. The van der Waals surface area contributed by atoms with Gasteiger partial charge >= 0.3 is 0 Å². The molecule has 2 heterocycles. The molecule has 0 aliphatic rings. The Balaban J connectivity index is 1.88. The molecule has 0 fully saturated rings. The van der Waals surface area contributed by atoms with Gasteiger partial charge in [0.15, 0.2) is 3.77 Å². The van der Waals surface area contributed by atoms with Crippen molar-refractivity contribution in [3.63, 3.8) is 0 Å². The summed E-state index contributed by atoms with van der Waals surface area (Å²) in [6.07, 6.45) is 0. The largest absolute Gasteiger partial charge is 0.454 e. The molecule has 0 amide bonds. The minimum absolute atomic E-state index is 0.382. The van der Waals surface area contributed by atoms with Crippen molar-refractivity contribution in [3.05, 3.63) is 44.0 Å². The molecule has 0 spiro atoms. The maximum Gasteiger partial charge on any atom is 0.164 e. The Bertz CT molecular complexity index is 410. The average molecular weight is 333 g/mol. The van der Waals surface area contributed by atoms with E-state index in [1.807, 2.05) is 12.1 Å². The monoisotopic (exact) mass is 333 g/mol. The minimum atomic E-state index is 0.382. The molecule has 15 heavy (non-hydrogen) atoms. The SMILES string of the molecule is CC(NCc1ccc(I)o1)c1cccs1. The highest BCUT2D eigenvalue weighted by molar-refractivity contribution is 14.1. The highest BCUT2D eigenvalue weighted by Gasteiger charge is 2.06. The molecule has 4 heteroatoms. The van der Waals surface area contributed by atoms with Crippen molar-refractivity contribution in [2.45, 2.75) is 19.5 Å². The lowest BCUT2D eigenvalue weighted by atomic mass is 10.2. The zero-order chi connectivity index (χ0) is 10.7. The number of rotatable bonds is 4. The molecule has 0 radical (unpaired) electrons. The van der Waals surface area contributed by atoms with Gasteiger partial charge in [0, 0.05) is 10.9 Å². The molecule has 1 N–H and O–H groups in total. The fourth-order valence-corrected chi connectivity index (χ4v) is 2.56. The second kappa shape index (κ2) is 5.14. The molecular formula is C11H12INOS. The van der Waals surface area contributed by atoms with Crippen LogP contribution in [-0.2, 0) is 6.54 Å². The van der Waals surface area contributed by atoms with Crippen LogP contribution in [-0.4, -0.2) is 0 Å². The Labute approximate surface area is 107 Å². The van der Waals surface area contributed by atoms with Crippen LogP contribution >= 0.6 is 33.9 Å². The van der Waals surface area contributed by atoms with Crippen molar-refractivity contribution in [2.24, 2.45) is 0 Å². The van der Waals surface area contributed by atoms with Crippen LogP contribution in [0, 0.1) is 3.77 Å². The molecule has 1 unspecified atom stereocenters. The molecule has 1 atom stereocenters. The molecule has 0 saturated carbocycles. The number of thiophene rings is 1. The van der Waals surface area contributed by atoms with Crippen LogP contribution in [0.2, 0.25) is 0 Å². The third-order valence-corrected chi connectivity index (χ3v) is 3.82. The van der Waals surface area contributed by atoms with E-state index in [0.29, 0.717) is 6.04 Å². The van der Waals surface area contributed by atoms with Gasteiger partial charge in [-0.15, -0.1) is 11.3 Å². The number of nitrogens with one attached hydrogen (secondary N) is 1. The van der Waals surface area contributed by atoms with Crippen LogP contribution in [0.1, 0.15) is 23.6 Å². The van der Waals surface area contributed by atoms with E-state index >= 15 is 0 Å². The van der Waals surface area contributed by atoms with Crippen LogP contribution < -0.4 is 5.32 Å². The lowest BCUT2D eigenvalue weighted by molar-refractivity contribution is 0.446. The van der Waals surface area contributed by atoms with E-state index in [1.165, 1.54) is 4.88 Å². The van der Waals surface area contributed by atoms with Gasteiger partial charge in [0.1, 0.15) is 5.76 Å². The molecule has 2 nitrogen and oxygen atoms in total. The molecule has 0 aliphatic heterocycles. The van der Waals surface area contributed by atoms with Crippen molar-refractivity contribution in [1.82, 2.24) is 5.32 Å². The van der Waals surface area contributed by atoms with Crippen molar-refractivity contribution in [2.75, 3.05) is 0 Å². The Kier molecular flexibility index (Phi) is 3.82. The smallest absolute Gasteiger partial charge is 0.164 e. The van der Waals surface area contributed by atoms with Gasteiger partial charge in [-0.3, -0.25) is 0 Å². The van der Waals surface area contributed by atoms with Crippen molar-refractivity contribution >= 4 is 33.9 Å². The Morgan fingerprint density at radius 3 is 2.93 bits per heavy atom. The van der Waals surface area contributed by atoms with E-state index < -0.39 is 0 Å². The maximum absolute atomic E-state index is 5.48. The number of furan rings is 1. The molecule has 0 aliphatic carbocycles. The minimum Gasteiger partial charge on any atom is -0.454 e. The van der Waals surface area contributed by atoms with Crippen molar-refractivity contribution in [3.8, 4) is 0 Å². The third kappa shape index (κ3) is 3.06. The topological polar surface area (TPSA) is 25.2 Å². The molecule has 2 rings (SSSR count). The van der Waals surface area contributed by atoms with Gasteiger partial charge in [-0.2, -0.15) is 0 Å². The zero-order valence-corrected chi connectivity index (χ0v) is 11.3. The second-order valence-corrected chi connectivity index (χ2v) is 5.37. The standard InChI is InChI=1S/C11H12INOS/c1-8(10-3-2-6-15-10)13-7-9-4-5-11(12)14-9/h2-6,8,13H,7H2,1H3. The van der Waals surface area contributed by atoms with Gasteiger partial charge in [0.05, 0.1) is 6.54 Å². The first-order valence-corrected chi connectivity index (χ1v) is 6.72. The third-order valence-electron chi connectivity index (χ3n) is 2.18. The number of hydrogen-bond acceptors (Lipinski definition) is 3. The summed E-state index contributed by atoms with van der Waals surface area (Å²) in [5.74, 6) is 0.989. The summed E-state index contributed by atoms with van der Waals surface area (Å²) in [6, 6.07) is 8.60. The highest BCUT2D eigenvalue weighted by Crippen LogP contribution is 2.19. The molecule has 0 bridgehead atoms. The highest BCUT2D eigenvalue weighted by atomic mass is 127. The first-order chi connectivity index (χ1) is 7.25. The molecular weight excluding hydrogens is 321 g/mol. The molecule has 80 valence electrons. The summed E-state index contributed by atoms with van der Waals surface area (Å²) >= 11 is 3.95. The molecule has 0 aromatic carbocycles. The summed E-state index contributed by atoms with van der Waals surface area (Å²) in [7, 11) is 0. The van der Waals surface area contributed by atoms with Crippen LogP contribution in [0.3, 0.4) is 0 Å². The van der Waals surface area contributed by atoms with Gasteiger partial charge < -0.3 is 9.73 Å². The Morgan fingerprint density at radius 1 is 1.47 bits per heavy atom. The van der Waals surface area contributed by atoms with E-state index in [1.54, 1.807) is 11.3 Å². The first-order valence-electron chi connectivity index (χ1n) is 4.76. The van der Waals surface area contributed by atoms with Crippen LogP contribution in [0.25, 0.3) is 0 Å². The van der Waals surface area contributed by atoms with Gasteiger partial charge in [-0.25, -0.2) is 0 Å². The quantitative estimate of drug-likeness (QED) is 0.861. The lowest BCUT2D eigenvalue weighted by Crippen LogP contribution is -2.16. The number of hydrogen-bond donors (Lipinski definition) is 1. The van der Waals surface area contributed by atoms with Gasteiger partial charge in [-0.05, 0) is 53.1 Å². The first kappa shape index (κ1) is 11.2. The van der Waals surface area contributed by atoms with Crippen LogP contribution in [0.4, 0.5) is 0 Å². The summed E-state index contributed by atoms with van der Waals surface area (Å²) in [6.45, 7) is 2.95.